The molecular formula is C6H5N5S. The van der Waals surface area contributed by atoms with E-state index < -0.39 is 0 Å². The van der Waals surface area contributed by atoms with Crippen LogP contribution >= 0.6 is 11.5 Å². The zero-order chi connectivity index (χ0) is 8.23. The van der Waals surface area contributed by atoms with Crippen LogP contribution in [0.4, 0.5) is 0 Å². The number of nitrogens with one attached hydrogen (secondary N) is 1. The van der Waals surface area contributed by atoms with Crippen LogP contribution < -0.4 is 0 Å². The molecule has 60 valence electrons. The number of hydrogen-bond donors (Lipinski definition) is 1. The number of rotatable bonds is 2. The molecular weight excluding hydrogens is 174 g/mol. The summed E-state index contributed by atoms with van der Waals surface area (Å²) in [6.07, 6.45) is 5.07. The number of aromatic amines is 1. The van der Waals surface area contributed by atoms with Crippen molar-refractivity contribution in [1.82, 2.24) is 24.5 Å². The Balaban J connectivity index is 2.14. The van der Waals surface area contributed by atoms with E-state index in [1.54, 1.807) is 17.7 Å². The van der Waals surface area contributed by atoms with Gasteiger partial charge in [0.1, 0.15) is 11.8 Å². The van der Waals surface area contributed by atoms with Gasteiger partial charge in [-0.05, 0) is 23.7 Å². The van der Waals surface area contributed by atoms with Crippen molar-refractivity contribution < 1.29 is 0 Å². The van der Waals surface area contributed by atoms with E-state index in [1.165, 1.54) is 17.9 Å². The van der Waals surface area contributed by atoms with Gasteiger partial charge in [0.25, 0.3) is 0 Å². The minimum Gasteiger partial charge on any atom is -0.328 e. The second-order valence-electron chi connectivity index (χ2n) is 2.00. The van der Waals surface area contributed by atoms with Crippen molar-refractivity contribution in [3.63, 3.8) is 0 Å². The van der Waals surface area contributed by atoms with Crippen molar-refractivity contribution in [3.8, 4) is 0 Å². The quantitative estimate of drug-likeness (QED) is 0.741. The van der Waals surface area contributed by atoms with Crippen LogP contribution in [-0.2, 0) is 0 Å². The van der Waals surface area contributed by atoms with Crippen LogP contribution in [0.3, 0.4) is 0 Å². The molecule has 0 radical (unpaired) electrons. The van der Waals surface area contributed by atoms with Crippen molar-refractivity contribution in [3.05, 3.63) is 23.5 Å². The van der Waals surface area contributed by atoms with Gasteiger partial charge < -0.3 is 4.98 Å². The lowest BCUT2D eigenvalue weighted by Gasteiger charge is -1.79. The van der Waals surface area contributed by atoms with Gasteiger partial charge in [0.05, 0.1) is 0 Å². The lowest BCUT2D eigenvalue weighted by molar-refractivity contribution is 1.08. The van der Waals surface area contributed by atoms with Crippen LogP contribution in [-0.4, -0.2) is 24.5 Å². The molecule has 0 aliphatic carbocycles. The molecule has 0 amide bonds. The molecule has 0 saturated carbocycles. The third-order valence-electron chi connectivity index (χ3n) is 1.20. The second kappa shape index (κ2) is 3.22. The molecule has 0 atom stereocenters. The highest BCUT2D eigenvalue weighted by molar-refractivity contribution is 7.03. The number of hydrogen-bond acceptors (Lipinski definition) is 5. The van der Waals surface area contributed by atoms with Crippen LogP contribution in [0.25, 0.3) is 12.2 Å². The Morgan fingerprint density at radius 2 is 2.42 bits per heavy atom. The van der Waals surface area contributed by atoms with Crippen molar-refractivity contribution in [2.45, 2.75) is 0 Å². The fourth-order valence-corrected chi connectivity index (χ4v) is 1.12. The highest BCUT2D eigenvalue weighted by Gasteiger charge is 1.90. The molecule has 1 N–H and O–H groups in total. The largest absolute Gasteiger partial charge is 0.328 e. The molecule has 0 saturated heterocycles. The van der Waals surface area contributed by atoms with Crippen molar-refractivity contribution in [1.29, 1.82) is 0 Å². The standard InChI is InChI=1S/C6H5N5S/c1(5-7-3-9-10-5)2-6-8-4-12-11-6/h1-4H,(H,7,9,10)/b2-1+. The molecule has 0 aliphatic rings. The molecule has 2 rings (SSSR count). The van der Waals surface area contributed by atoms with Crippen LogP contribution in [0.15, 0.2) is 11.8 Å². The Morgan fingerprint density at radius 1 is 1.42 bits per heavy atom. The predicted molar refractivity (Wildman–Crippen MR) is 45.2 cm³/mol. The number of H-pyrrole nitrogens is 1. The van der Waals surface area contributed by atoms with Gasteiger partial charge in [0.2, 0.25) is 0 Å². The Bertz CT molecular complexity index is 313. The molecule has 0 aromatic carbocycles. The molecule has 0 spiro atoms. The van der Waals surface area contributed by atoms with Gasteiger partial charge in [-0.1, -0.05) is 0 Å². The summed E-state index contributed by atoms with van der Waals surface area (Å²) in [4.78, 5) is 6.81. The van der Waals surface area contributed by atoms with Gasteiger partial charge in [0.15, 0.2) is 11.6 Å². The first-order valence-electron chi connectivity index (χ1n) is 3.25. The predicted octanol–water partition coefficient (Wildman–Crippen LogP) is 0.827. The summed E-state index contributed by atoms with van der Waals surface area (Å²) in [5, 5.41) is 7.40. The first-order valence-corrected chi connectivity index (χ1v) is 4.09. The molecule has 12 heavy (non-hydrogen) atoms. The van der Waals surface area contributed by atoms with Crippen LogP contribution in [0.5, 0.6) is 0 Å². The summed E-state index contributed by atoms with van der Waals surface area (Å²) in [6.45, 7) is 0. The molecule has 0 unspecified atom stereocenters. The van der Waals surface area contributed by atoms with E-state index in [-0.39, 0.29) is 0 Å². The molecule has 6 heteroatoms. The van der Waals surface area contributed by atoms with E-state index in [2.05, 4.69) is 24.5 Å². The summed E-state index contributed by atoms with van der Waals surface area (Å²) < 4.78 is 4.00. The number of nitrogens with zero attached hydrogens (tertiary/aromatic N) is 4. The maximum Gasteiger partial charge on any atom is 0.165 e. The fraction of sp³-hybridized carbons (Fsp3) is 0. The fourth-order valence-electron chi connectivity index (χ4n) is 0.702. The molecule has 5 nitrogen and oxygen atoms in total. The number of aromatic nitrogens is 5. The summed E-state index contributed by atoms with van der Waals surface area (Å²) >= 11 is 1.32. The van der Waals surface area contributed by atoms with E-state index in [9.17, 15) is 0 Å². The van der Waals surface area contributed by atoms with Gasteiger partial charge in [0, 0.05) is 0 Å². The first kappa shape index (κ1) is 7.11. The van der Waals surface area contributed by atoms with Gasteiger partial charge in [-0.25, -0.2) is 4.98 Å². The lowest BCUT2D eigenvalue weighted by Crippen LogP contribution is -1.76. The summed E-state index contributed by atoms with van der Waals surface area (Å²) in [5.41, 5.74) is 1.68. The minimum atomic E-state index is 0.691. The van der Waals surface area contributed by atoms with Crippen LogP contribution in [0, 0.1) is 0 Å². The highest BCUT2D eigenvalue weighted by atomic mass is 32.1. The third kappa shape index (κ3) is 1.54. The molecule has 0 aliphatic heterocycles. The highest BCUT2D eigenvalue weighted by Crippen LogP contribution is 1.99. The average molecular weight is 179 g/mol. The van der Waals surface area contributed by atoms with Gasteiger partial charge in [-0.3, -0.25) is 0 Å². The van der Waals surface area contributed by atoms with Crippen molar-refractivity contribution in [2.24, 2.45) is 0 Å². The first-order chi connectivity index (χ1) is 5.95. The van der Waals surface area contributed by atoms with E-state index in [4.69, 9.17) is 0 Å². The average Bonchev–Trinajstić information content (AvgIpc) is 2.74. The zero-order valence-electron chi connectivity index (χ0n) is 6.01. The Labute approximate surface area is 72.4 Å². The monoisotopic (exact) mass is 179 g/mol. The van der Waals surface area contributed by atoms with Crippen LogP contribution in [0.1, 0.15) is 11.6 Å². The molecule has 2 aromatic rings. The van der Waals surface area contributed by atoms with E-state index >= 15 is 0 Å². The van der Waals surface area contributed by atoms with Gasteiger partial charge >= 0.3 is 0 Å². The normalized spacial score (nSPS) is 11.0. The van der Waals surface area contributed by atoms with Crippen LogP contribution in [0.2, 0.25) is 0 Å². The molecule has 2 aromatic heterocycles. The summed E-state index contributed by atoms with van der Waals surface area (Å²) in [5.74, 6) is 1.39. The molecule has 2 heterocycles. The minimum absolute atomic E-state index is 0.691. The van der Waals surface area contributed by atoms with E-state index in [1.807, 2.05) is 0 Å². The SMILES string of the molecule is C(=C\c1nnc[nH]1)/c1ncsn1. The maximum absolute atomic E-state index is 4.00. The molecule has 0 bridgehead atoms. The van der Waals surface area contributed by atoms with Gasteiger partial charge in [-0.15, -0.1) is 10.2 Å². The van der Waals surface area contributed by atoms with Gasteiger partial charge in [-0.2, -0.15) is 4.37 Å². The topological polar surface area (TPSA) is 67.3 Å². The Morgan fingerprint density at radius 3 is 3.08 bits per heavy atom. The van der Waals surface area contributed by atoms with Crippen molar-refractivity contribution in [2.75, 3.05) is 0 Å². The Kier molecular flexibility index (Phi) is 1.91. The Hall–Kier alpha value is -1.56. The van der Waals surface area contributed by atoms with Crippen molar-refractivity contribution >= 4 is 23.7 Å². The maximum atomic E-state index is 4.00. The lowest BCUT2D eigenvalue weighted by atomic mass is 10.4. The van der Waals surface area contributed by atoms with E-state index in [0.717, 1.165) is 0 Å². The second-order valence-corrected chi connectivity index (χ2v) is 2.60. The summed E-state index contributed by atoms with van der Waals surface area (Å²) in [7, 11) is 0. The summed E-state index contributed by atoms with van der Waals surface area (Å²) in [6, 6.07) is 0. The molecule has 0 fully saturated rings. The smallest absolute Gasteiger partial charge is 0.165 e. The zero-order valence-corrected chi connectivity index (χ0v) is 6.82. The van der Waals surface area contributed by atoms with E-state index in [0.29, 0.717) is 11.6 Å². The third-order valence-corrected chi connectivity index (χ3v) is 1.70.